The summed E-state index contributed by atoms with van der Waals surface area (Å²) < 4.78 is 1.16. The molecular formula is C18H25Cl3N2O3. The molecule has 0 radical (unpaired) electrons. The second kappa shape index (κ2) is 18.2. The highest BCUT2D eigenvalue weighted by Crippen LogP contribution is 2.08. The lowest BCUT2D eigenvalue weighted by molar-refractivity contribution is -0.122. The van der Waals surface area contributed by atoms with Gasteiger partial charge >= 0.3 is 0 Å². The minimum atomic E-state index is -0.407. The van der Waals surface area contributed by atoms with E-state index < -0.39 is 5.24 Å². The lowest BCUT2D eigenvalue weighted by atomic mass is 10.1. The third kappa shape index (κ3) is 20.4. The Balaban J connectivity index is -0.000000283. The maximum Gasteiger partial charge on any atom is 0.290 e. The van der Waals surface area contributed by atoms with E-state index in [0.29, 0.717) is 5.56 Å². The number of hydrazine groups is 1. The van der Waals surface area contributed by atoms with Crippen molar-refractivity contribution in [2.45, 2.75) is 26.3 Å². The van der Waals surface area contributed by atoms with Gasteiger partial charge in [-0.3, -0.25) is 15.4 Å². The highest BCUT2D eigenvalue weighted by Gasteiger charge is 2.14. The van der Waals surface area contributed by atoms with Gasteiger partial charge in [0.2, 0.25) is 0 Å². The molecule has 5 nitrogen and oxygen atoms in total. The van der Waals surface area contributed by atoms with Crippen LogP contribution in [0.15, 0.2) is 66.7 Å². The van der Waals surface area contributed by atoms with Gasteiger partial charge in [0, 0.05) is 11.1 Å². The largest absolute Gasteiger partial charge is 0.483 e. The number of nitrogens with zero attached hydrogens (tertiary/aromatic N) is 1. The minimum absolute atomic E-state index is 0. The van der Waals surface area contributed by atoms with Crippen LogP contribution in [0.3, 0.4) is 0 Å². The average Bonchev–Trinajstić information content (AvgIpc) is 2.58. The van der Waals surface area contributed by atoms with Gasteiger partial charge in [-0.1, -0.05) is 66.7 Å². The first kappa shape index (κ1) is 29.1. The molecule has 0 atom stereocenters. The molecule has 0 spiro atoms. The van der Waals surface area contributed by atoms with Crippen LogP contribution in [0, 0.1) is 0 Å². The molecule has 0 bridgehead atoms. The molecule has 0 saturated heterocycles. The van der Waals surface area contributed by atoms with Crippen molar-refractivity contribution in [3.63, 3.8) is 0 Å². The zero-order chi connectivity index (χ0) is 19.7. The van der Waals surface area contributed by atoms with Gasteiger partial charge in [-0.25, -0.2) is 0 Å². The Morgan fingerprint density at radius 1 is 1.00 bits per heavy atom. The summed E-state index contributed by atoms with van der Waals surface area (Å²) in [7, 11) is 0. The summed E-state index contributed by atoms with van der Waals surface area (Å²) in [6, 6.07) is 20.7. The molecule has 0 aliphatic carbocycles. The molecule has 0 amide bonds. The number of carbonyl (C=O) groups is 2. The van der Waals surface area contributed by atoms with Gasteiger partial charge in [-0.15, -0.1) is 12.4 Å². The van der Waals surface area contributed by atoms with Gasteiger partial charge < -0.3 is 5.11 Å². The quantitative estimate of drug-likeness (QED) is 0.222. The number of carbonyl (C=O) groups excluding carboxylic acids is 1. The summed E-state index contributed by atoms with van der Waals surface area (Å²) in [5.74, 6) is 5.17. The SMILES string of the molecule is CC(C)(C)N(N)Cl.Cl.O=C(Cl)c1ccccc1.O=CO.c1ccccc1. The van der Waals surface area contributed by atoms with E-state index in [2.05, 4.69) is 0 Å². The summed E-state index contributed by atoms with van der Waals surface area (Å²) in [6.45, 7) is 5.54. The predicted octanol–water partition coefficient (Wildman–Crippen LogP) is 4.99. The van der Waals surface area contributed by atoms with E-state index in [0.717, 1.165) is 4.53 Å². The normalized spacial score (nSPS) is 8.88. The van der Waals surface area contributed by atoms with Gasteiger partial charge in [0.05, 0.1) is 0 Å². The number of rotatable bonds is 1. The Bertz CT molecular complexity index is 536. The van der Waals surface area contributed by atoms with Crippen molar-refractivity contribution in [2.75, 3.05) is 0 Å². The van der Waals surface area contributed by atoms with Gasteiger partial charge in [-0.05, 0) is 44.1 Å². The van der Waals surface area contributed by atoms with E-state index in [1.54, 1.807) is 24.3 Å². The fraction of sp³-hybridized carbons (Fsp3) is 0.222. The molecule has 0 fully saturated rings. The summed E-state index contributed by atoms with van der Waals surface area (Å²) in [5, 5.41) is 6.48. The molecule has 26 heavy (non-hydrogen) atoms. The monoisotopic (exact) mass is 422 g/mol. The first-order valence-electron chi connectivity index (χ1n) is 7.20. The second-order valence-electron chi connectivity index (χ2n) is 5.38. The maximum absolute atomic E-state index is 10.4. The van der Waals surface area contributed by atoms with Crippen molar-refractivity contribution >= 4 is 47.5 Å². The van der Waals surface area contributed by atoms with Crippen LogP contribution in [0.2, 0.25) is 0 Å². The first-order chi connectivity index (χ1) is 11.7. The standard InChI is InChI=1S/C7H5ClO.C6H6.C4H11ClN2.CH2O2.ClH/c8-7(9)6-4-2-1-3-5-6;1-2-4-6-5-3-1;1-4(2,3)7(5)6;2-1-3;/h1-5H;1-6H;6H2,1-3H3;1H,(H,2,3);1H. The van der Waals surface area contributed by atoms with Gasteiger partial charge in [0.25, 0.3) is 11.7 Å². The third-order valence-electron chi connectivity index (χ3n) is 2.31. The van der Waals surface area contributed by atoms with Crippen LogP contribution in [-0.4, -0.2) is 26.9 Å². The van der Waals surface area contributed by atoms with E-state index in [-0.39, 0.29) is 24.4 Å². The number of hydrogen-bond donors (Lipinski definition) is 2. The van der Waals surface area contributed by atoms with E-state index in [1.807, 2.05) is 63.2 Å². The summed E-state index contributed by atoms with van der Waals surface area (Å²) in [5.41, 5.74) is 0.417. The van der Waals surface area contributed by atoms with Gasteiger partial charge in [0.1, 0.15) is 0 Å². The van der Waals surface area contributed by atoms with Crippen molar-refractivity contribution in [3.8, 4) is 0 Å². The Kier molecular flexibility index (Phi) is 20.4. The van der Waals surface area contributed by atoms with E-state index in [4.69, 9.17) is 39.1 Å². The van der Waals surface area contributed by atoms with Crippen molar-refractivity contribution in [2.24, 2.45) is 5.84 Å². The highest BCUT2D eigenvalue weighted by molar-refractivity contribution is 6.67. The molecule has 8 heteroatoms. The molecule has 2 rings (SSSR count). The van der Waals surface area contributed by atoms with E-state index >= 15 is 0 Å². The Hall–Kier alpha value is -1.63. The zero-order valence-corrected chi connectivity index (χ0v) is 17.2. The van der Waals surface area contributed by atoms with Crippen LogP contribution in [0.5, 0.6) is 0 Å². The van der Waals surface area contributed by atoms with Crippen LogP contribution >= 0.6 is 35.8 Å². The third-order valence-corrected chi connectivity index (χ3v) is 3.03. The van der Waals surface area contributed by atoms with Crippen LogP contribution in [0.4, 0.5) is 0 Å². The first-order valence-corrected chi connectivity index (χ1v) is 7.91. The fourth-order valence-electron chi connectivity index (χ4n) is 0.954. The number of benzene rings is 2. The molecule has 0 unspecified atom stereocenters. The fourth-order valence-corrected chi connectivity index (χ4v) is 1.08. The number of hydrogen-bond acceptors (Lipinski definition) is 4. The Labute approximate surface area is 171 Å². The summed E-state index contributed by atoms with van der Waals surface area (Å²) in [6.07, 6.45) is 0. The number of nitrogens with two attached hydrogens (primary N) is 1. The van der Waals surface area contributed by atoms with E-state index in [1.165, 1.54) is 0 Å². The smallest absolute Gasteiger partial charge is 0.290 e. The lowest BCUT2D eigenvalue weighted by Crippen LogP contribution is -2.38. The Morgan fingerprint density at radius 2 is 1.23 bits per heavy atom. The number of halogens is 3. The molecule has 0 aliphatic heterocycles. The molecule has 0 saturated carbocycles. The van der Waals surface area contributed by atoms with Gasteiger partial charge in [-0.2, -0.15) is 4.53 Å². The molecule has 0 heterocycles. The van der Waals surface area contributed by atoms with Crippen molar-refractivity contribution < 1.29 is 14.7 Å². The van der Waals surface area contributed by atoms with Crippen LogP contribution in [-0.2, 0) is 4.79 Å². The molecule has 2 aromatic rings. The van der Waals surface area contributed by atoms with Crippen LogP contribution in [0.1, 0.15) is 31.1 Å². The summed E-state index contributed by atoms with van der Waals surface area (Å²) >= 11 is 10.5. The van der Waals surface area contributed by atoms with Crippen molar-refractivity contribution in [1.82, 2.24) is 4.53 Å². The van der Waals surface area contributed by atoms with Crippen LogP contribution < -0.4 is 5.84 Å². The Morgan fingerprint density at radius 3 is 1.38 bits per heavy atom. The molecule has 3 N–H and O–H groups in total. The summed E-state index contributed by atoms with van der Waals surface area (Å²) in [4.78, 5) is 18.8. The average molecular weight is 424 g/mol. The topological polar surface area (TPSA) is 83.6 Å². The maximum atomic E-state index is 10.4. The molecular weight excluding hydrogens is 399 g/mol. The van der Waals surface area contributed by atoms with Crippen molar-refractivity contribution in [3.05, 3.63) is 72.3 Å². The minimum Gasteiger partial charge on any atom is -0.483 e. The van der Waals surface area contributed by atoms with Crippen LogP contribution in [0.25, 0.3) is 0 Å². The highest BCUT2D eigenvalue weighted by atomic mass is 35.5. The molecule has 0 aromatic heterocycles. The molecule has 2 aromatic carbocycles. The van der Waals surface area contributed by atoms with E-state index in [9.17, 15) is 4.79 Å². The van der Waals surface area contributed by atoms with Crippen molar-refractivity contribution in [1.29, 1.82) is 0 Å². The predicted molar refractivity (Wildman–Crippen MR) is 111 cm³/mol. The lowest BCUT2D eigenvalue weighted by Gasteiger charge is -2.23. The van der Waals surface area contributed by atoms with Gasteiger partial charge in [0.15, 0.2) is 0 Å². The second-order valence-corrected chi connectivity index (χ2v) is 6.09. The zero-order valence-electron chi connectivity index (χ0n) is 14.9. The molecule has 146 valence electrons. The molecule has 0 aliphatic rings. The number of carboxylic acid groups (broad SMARTS) is 1.